The van der Waals surface area contributed by atoms with Crippen molar-refractivity contribution in [3.8, 4) is 11.8 Å². The molecule has 3 aromatic rings. The molecule has 5 heteroatoms. The number of imidazole rings is 1. The third-order valence-corrected chi connectivity index (χ3v) is 3.51. The van der Waals surface area contributed by atoms with Crippen LogP contribution in [0, 0.1) is 28.8 Å². The number of nitriles is 1. The number of rotatable bonds is 1. The van der Waals surface area contributed by atoms with Crippen molar-refractivity contribution in [3.63, 3.8) is 0 Å². The zero-order valence-corrected chi connectivity index (χ0v) is 11.5. The molecule has 2 aromatic carbocycles. The van der Waals surface area contributed by atoms with E-state index < -0.39 is 0 Å². The maximum Gasteiger partial charge on any atom is 0.182 e. The summed E-state index contributed by atoms with van der Waals surface area (Å²) in [6.07, 6.45) is 0. The normalized spacial score (nSPS) is 10.7. The second-order valence-corrected chi connectivity index (χ2v) is 4.93. The molecular formula is C15H10FN3S. The van der Waals surface area contributed by atoms with Crippen molar-refractivity contribution in [2.24, 2.45) is 0 Å². The van der Waals surface area contributed by atoms with E-state index in [-0.39, 0.29) is 5.82 Å². The quantitative estimate of drug-likeness (QED) is 0.686. The first kappa shape index (κ1) is 12.6. The first-order chi connectivity index (χ1) is 9.60. The van der Waals surface area contributed by atoms with Crippen molar-refractivity contribution in [3.05, 3.63) is 58.1 Å². The summed E-state index contributed by atoms with van der Waals surface area (Å²) in [6, 6.07) is 11.9. The van der Waals surface area contributed by atoms with Crippen LogP contribution in [0.4, 0.5) is 4.39 Å². The molecule has 0 amide bonds. The van der Waals surface area contributed by atoms with E-state index in [0.717, 1.165) is 16.8 Å². The van der Waals surface area contributed by atoms with Gasteiger partial charge < -0.3 is 4.98 Å². The number of halogens is 1. The third-order valence-electron chi connectivity index (χ3n) is 3.22. The Morgan fingerprint density at radius 2 is 2.05 bits per heavy atom. The number of aryl methyl sites for hydroxylation is 1. The smallest absolute Gasteiger partial charge is 0.182 e. The van der Waals surface area contributed by atoms with Crippen molar-refractivity contribution < 1.29 is 4.39 Å². The largest absolute Gasteiger partial charge is 0.330 e. The molecule has 98 valence electrons. The molecule has 0 saturated carbocycles. The van der Waals surface area contributed by atoms with Gasteiger partial charge in [0.1, 0.15) is 5.82 Å². The molecule has 0 aliphatic rings. The van der Waals surface area contributed by atoms with Gasteiger partial charge >= 0.3 is 0 Å². The van der Waals surface area contributed by atoms with E-state index in [9.17, 15) is 4.39 Å². The Morgan fingerprint density at radius 3 is 2.80 bits per heavy atom. The number of benzene rings is 2. The standard InChI is InChI=1S/C15H10FN3S/c1-9-2-3-10(8-17)6-13(9)19-14-7-11(16)4-5-12(14)18-15(19)20/h2-7H,1H3,(H,18,20). The Kier molecular flexibility index (Phi) is 2.88. The van der Waals surface area contributed by atoms with E-state index in [2.05, 4.69) is 11.1 Å². The Bertz CT molecular complexity index is 915. The molecule has 0 saturated heterocycles. The molecular weight excluding hydrogens is 273 g/mol. The number of hydrogen-bond donors (Lipinski definition) is 1. The van der Waals surface area contributed by atoms with Gasteiger partial charge in [-0.1, -0.05) is 6.07 Å². The SMILES string of the molecule is Cc1ccc(C#N)cc1-n1c(=S)[nH]c2ccc(F)cc21. The second kappa shape index (κ2) is 4.58. The third kappa shape index (κ3) is 1.91. The van der Waals surface area contributed by atoms with Crippen LogP contribution in [0.2, 0.25) is 0 Å². The monoisotopic (exact) mass is 283 g/mol. The number of nitrogens with zero attached hydrogens (tertiary/aromatic N) is 2. The Morgan fingerprint density at radius 1 is 1.25 bits per heavy atom. The lowest BCUT2D eigenvalue weighted by Crippen LogP contribution is -1.98. The summed E-state index contributed by atoms with van der Waals surface area (Å²) in [5.74, 6) is -0.325. The molecule has 1 heterocycles. The molecule has 3 nitrogen and oxygen atoms in total. The van der Waals surface area contributed by atoms with Gasteiger partial charge in [-0.15, -0.1) is 0 Å². The zero-order valence-electron chi connectivity index (χ0n) is 10.6. The Hall–Kier alpha value is -2.45. The molecule has 20 heavy (non-hydrogen) atoms. The first-order valence-electron chi connectivity index (χ1n) is 6.01. The van der Waals surface area contributed by atoms with Gasteiger partial charge in [0.05, 0.1) is 28.4 Å². The molecule has 0 spiro atoms. The summed E-state index contributed by atoms with van der Waals surface area (Å²) in [6.45, 7) is 1.93. The number of H-pyrrole nitrogens is 1. The zero-order chi connectivity index (χ0) is 14.3. The van der Waals surface area contributed by atoms with Crippen LogP contribution in [0.25, 0.3) is 16.7 Å². The van der Waals surface area contributed by atoms with Gasteiger partial charge in [0.15, 0.2) is 4.77 Å². The van der Waals surface area contributed by atoms with Crippen LogP contribution in [0.5, 0.6) is 0 Å². The van der Waals surface area contributed by atoms with E-state index in [4.69, 9.17) is 17.5 Å². The minimum absolute atomic E-state index is 0.325. The van der Waals surface area contributed by atoms with Crippen LogP contribution in [0.3, 0.4) is 0 Å². The van der Waals surface area contributed by atoms with Crippen LogP contribution in [-0.2, 0) is 0 Å². The summed E-state index contributed by atoms with van der Waals surface area (Å²) >= 11 is 5.32. The summed E-state index contributed by atoms with van der Waals surface area (Å²) in [5, 5.41) is 9.02. The summed E-state index contributed by atoms with van der Waals surface area (Å²) < 4.78 is 15.7. The minimum atomic E-state index is -0.325. The van der Waals surface area contributed by atoms with Crippen molar-refractivity contribution in [2.75, 3.05) is 0 Å². The van der Waals surface area contributed by atoms with Gasteiger partial charge in [0, 0.05) is 6.07 Å². The summed E-state index contributed by atoms with van der Waals surface area (Å²) in [5.41, 5.74) is 3.71. The van der Waals surface area contributed by atoms with E-state index in [1.807, 2.05) is 13.0 Å². The topological polar surface area (TPSA) is 44.5 Å². The van der Waals surface area contributed by atoms with Crippen molar-refractivity contribution in [1.29, 1.82) is 5.26 Å². The molecule has 0 atom stereocenters. The van der Waals surface area contributed by atoms with E-state index in [1.54, 1.807) is 22.8 Å². The molecule has 0 aliphatic carbocycles. The lowest BCUT2D eigenvalue weighted by Gasteiger charge is -2.08. The number of fused-ring (bicyclic) bond motifs is 1. The molecule has 0 radical (unpaired) electrons. The number of nitrogens with one attached hydrogen (secondary N) is 1. The lowest BCUT2D eigenvalue weighted by atomic mass is 10.1. The average Bonchev–Trinajstić information content (AvgIpc) is 2.75. The molecule has 0 unspecified atom stereocenters. The van der Waals surface area contributed by atoms with E-state index in [1.165, 1.54) is 12.1 Å². The van der Waals surface area contributed by atoms with Crippen molar-refractivity contribution in [1.82, 2.24) is 9.55 Å². The molecule has 1 aromatic heterocycles. The maximum atomic E-state index is 13.5. The van der Waals surface area contributed by atoms with Gasteiger partial charge in [-0.3, -0.25) is 4.57 Å². The highest BCUT2D eigenvalue weighted by molar-refractivity contribution is 7.71. The van der Waals surface area contributed by atoms with Crippen molar-refractivity contribution >= 4 is 23.3 Å². The highest BCUT2D eigenvalue weighted by Crippen LogP contribution is 2.23. The first-order valence-corrected chi connectivity index (χ1v) is 6.42. The average molecular weight is 283 g/mol. The van der Waals surface area contributed by atoms with Gasteiger partial charge in [-0.05, 0) is 49.0 Å². The summed E-state index contributed by atoms with van der Waals surface area (Å²) in [4.78, 5) is 3.05. The lowest BCUT2D eigenvalue weighted by molar-refractivity contribution is 0.629. The number of aromatic nitrogens is 2. The Balaban J connectivity index is 2.40. The predicted octanol–water partition coefficient (Wildman–Crippen LogP) is 4.01. The number of aromatic amines is 1. The highest BCUT2D eigenvalue weighted by atomic mass is 32.1. The fourth-order valence-corrected chi connectivity index (χ4v) is 2.54. The second-order valence-electron chi connectivity index (χ2n) is 4.54. The highest BCUT2D eigenvalue weighted by Gasteiger charge is 2.10. The fourth-order valence-electron chi connectivity index (χ4n) is 2.24. The molecule has 0 aliphatic heterocycles. The van der Waals surface area contributed by atoms with Crippen LogP contribution >= 0.6 is 12.2 Å². The van der Waals surface area contributed by atoms with Gasteiger partial charge in [-0.25, -0.2) is 4.39 Å². The van der Waals surface area contributed by atoms with Crippen LogP contribution in [-0.4, -0.2) is 9.55 Å². The van der Waals surface area contributed by atoms with Crippen molar-refractivity contribution in [2.45, 2.75) is 6.92 Å². The van der Waals surface area contributed by atoms with Crippen LogP contribution in [0.1, 0.15) is 11.1 Å². The predicted molar refractivity (Wildman–Crippen MR) is 77.9 cm³/mol. The maximum absolute atomic E-state index is 13.5. The minimum Gasteiger partial charge on any atom is -0.330 e. The van der Waals surface area contributed by atoms with Crippen LogP contribution in [0.15, 0.2) is 36.4 Å². The number of hydrogen-bond acceptors (Lipinski definition) is 2. The van der Waals surface area contributed by atoms with E-state index in [0.29, 0.717) is 15.9 Å². The van der Waals surface area contributed by atoms with Crippen LogP contribution < -0.4 is 0 Å². The summed E-state index contributed by atoms with van der Waals surface area (Å²) in [7, 11) is 0. The van der Waals surface area contributed by atoms with Gasteiger partial charge in [-0.2, -0.15) is 5.26 Å². The molecule has 0 fully saturated rings. The molecule has 1 N–H and O–H groups in total. The van der Waals surface area contributed by atoms with Gasteiger partial charge in [0.25, 0.3) is 0 Å². The molecule has 0 bridgehead atoms. The molecule has 3 rings (SSSR count). The fraction of sp³-hybridized carbons (Fsp3) is 0.0667. The van der Waals surface area contributed by atoms with Gasteiger partial charge in [0.2, 0.25) is 0 Å². The van der Waals surface area contributed by atoms with E-state index >= 15 is 0 Å². The Labute approximate surface area is 119 Å².